The molecular formula is C20H22FN2O2S2+. The number of benzene rings is 2. The quantitative estimate of drug-likeness (QED) is 0.604. The zero-order valence-corrected chi connectivity index (χ0v) is 16.9. The van der Waals surface area contributed by atoms with Gasteiger partial charge >= 0.3 is 0 Å². The van der Waals surface area contributed by atoms with Crippen molar-refractivity contribution < 1.29 is 18.1 Å². The predicted octanol–water partition coefficient (Wildman–Crippen LogP) is 4.01. The molecule has 0 bridgehead atoms. The molecule has 0 amide bonds. The number of hydrogen-bond acceptors (Lipinski definition) is 4. The van der Waals surface area contributed by atoms with Crippen molar-refractivity contribution in [2.24, 2.45) is 0 Å². The fourth-order valence-corrected chi connectivity index (χ4v) is 4.40. The van der Waals surface area contributed by atoms with Gasteiger partial charge in [0.25, 0.3) is 5.13 Å². The highest BCUT2D eigenvalue weighted by molar-refractivity contribution is 7.90. The van der Waals surface area contributed by atoms with Crippen molar-refractivity contribution in [1.82, 2.24) is 4.98 Å². The van der Waals surface area contributed by atoms with Crippen molar-refractivity contribution in [3.05, 3.63) is 54.3 Å². The summed E-state index contributed by atoms with van der Waals surface area (Å²) in [5.74, 6) is -0.289. The number of nitrogens with two attached hydrogens (primary N) is 1. The van der Waals surface area contributed by atoms with Crippen LogP contribution in [-0.4, -0.2) is 26.2 Å². The van der Waals surface area contributed by atoms with Crippen molar-refractivity contribution in [1.29, 1.82) is 0 Å². The first-order valence-corrected chi connectivity index (χ1v) is 11.5. The molecule has 2 N–H and O–H groups in total. The van der Waals surface area contributed by atoms with Crippen molar-refractivity contribution in [2.45, 2.75) is 24.7 Å². The average molecular weight is 406 g/mol. The first-order valence-electron chi connectivity index (χ1n) is 8.79. The van der Waals surface area contributed by atoms with Gasteiger partial charge in [-0.2, -0.15) is 4.98 Å². The van der Waals surface area contributed by atoms with Crippen LogP contribution in [0, 0.1) is 5.82 Å². The van der Waals surface area contributed by atoms with E-state index in [2.05, 4.69) is 12.2 Å². The Morgan fingerprint density at radius 3 is 2.26 bits per heavy atom. The molecule has 0 aliphatic rings. The van der Waals surface area contributed by atoms with Gasteiger partial charge in [-0.3, -0.25) is 5.32 Å². The molecule has 0 spiro atoms. The van der Waals surface area contributed by atoms with Crippen LogP contribution in [-0.2, 0) is 9.84 Å². The van der Waals surface area contributed by atoms with E-state index in [-0.39, 0.29) is 10.7 Å². The Morgan fingerprint density at radius 2 is 1.67 bits per heavy atom. The molecule has 0 fully saturated rings. The van der Waals surface area contributed by atoms with Gasteiger partial charge in [0, 0.05) is 11.8 Å². The first kappa shape index (κ1) is 19.7. The third-order valence-electron chi connectivity index (χ3n) is 4.18. The molecule has 0 radical (unpaired) electrons. The molecule has 0 unspecified atom stereocenters. The van der Waals surface area contributed by atoms with Crippen molar-refractivity contribution in [2.75, 3.05) is 12.8 Å². The molecule has 1 aromatic heterocycles. The van der Waals surface area contributed by atoms with Crippen LogP contribution in [0.4, 0.5) is 9.52 Å². The minimum atomic E-state index is -3.24. The van der Waals surface area contributed by atoms with E-state index in [1.165, 1.54) is 18.4 Å². The lowest BCUT2D eigenvalue weighted by atomic mass is 10.1. The summed E-state index contributed by atoms with van der Waals surface area (Å²) in [5.41, 5.74) is 2.52. The Labute approximate surface area is 163 Å². The van der Waals surface area contributed by atoms with Gasteiger partial charge in [0.1, 0.15) is 5.82 Å². The van der Waals surface area contributed by atoms with Crippen molar-refractivity contribution >= 4 is 26.3 Å². The summed E-state index contributed by atoms with van der Waals surface area (Å²) in [5, 5.41) is 3.04. The summed E-state index contributed by atoms with van der Waals surface area (Å²) < 4.78 is 36.7. The number of aromatic nitrogens is 1. The monoisotopic (exact) mass is 405 g/mol. The second-order valence-electron chi connectivity index (χ2n) is 6.38. The lowest BCUT2D eigenvalue weighted by molar-refractivity contribution is -0.571. The maximum atomic E-state index is 13.3. The second kappa shape index (κ2) is 8.29. The van der Waals surface area contributed by atoms with Crippen LogP contribution in [0.3, 0.4) is 0 Å². The lowest BCUT2D eigenvalue weighted by Crippen LogP contribution is -2.77. The largest absolute Gasteiger partial charge is 0.288 e. The molecule has 4 nitrogen and oxygen atoms in total. The Balaban J connectivity index is 2.02. The standard InChI is InChI=1S/C20H21FN2O2S2/c1-3-4-13-22-20-23-18(14-5-9-16(21)10-6-14)19(26-20)15-7-11-17(12-8-15)27(2,24)25/h5-12H,3-4,13H2,1-2H3,(H,22,23)/p+1. The predicted molar refractivity (Wildman–Crippen MR) is 107 cm³/mol. The van der Waals surface area contributed by atoms with E-state index < -0.39 is 9.84 Å². The topological polar surface area (TPSA) is 63.6 Å². The molecule has 0 aliphatic carbocycles. The average Bonchev–Trinajstić information content (AvgIpc) is 3.06. The SMILES string of the molecule is CCCC[NH2+]c1nc(-c2ccc(F)cc2)c(-c2ccc(S(C)(=O)=O)cc2)s1. The van der Waals surface area contributed by atoms with Gasteiger partial charge in [0.05, 0.1) is 22.0 Å². The van der Waals surface area contributed by atoms with Gasteiger partial charge in [-0.1, -0.05) is 36.8 Å². The van der Waals surface area contributed by atoms with E-state index in [1.54, 1.807) is 47.7 Å². The van der Waals surface area contributed by atoms with Crippen molar-refractivity contribution in [3.8, 4) is 21.7 Å². The van der Waals surface area contributed by atoms with E-state index in [0.717, 1.165) is 46.2 Å². The second-order valence-corrected chi connectivity index (χ2v) is 9.43. The third-order valence-corrected chi connectivity index (χ3v) is 6.41. The molecule has 1 heterocycles. The molecular weight excluding hydrogens is 383 g/mol. The number of thiazole rings is 1. The van der Waals surface area contributed by atoms with E-state index in [0.29, 0.717) is 0 Å². The zero-order valence-electron chi connectivity index (χ0n) is 15.3. The minimum absolute atomic E-state index is 0.286. The number of nitrogens with zero attached hydrogens (tertiary/aromatic N) is 1. The molecule has 142 valence electrons. The summed E-state index contributed by atoms with van der Waals surface area (Å²) in [6.45, 7) is 3.10. The molecule has 3 rings (SSSR count). The van der Waals surface area contributed by atoms with E-state index in [9.17, 15) is 12.8 Å². The number of hydrogen-bond donors (Lipinski definition) is 1. The highest BCUT2D eigenvalue weighted by Crippen LogP contribution is 2.38. The summed E-state index contributed by atoms with van der Waals surface area (Å²) in [7, 11) is -3.24. The number of sulfone groups is 1. The minimum Gasteiger partial charge on any atom is -0.288 e. The Hall–Kier alpha value is -2.09. The summed E-state index contributed by atoms with van der Waals surface area (Å²) in [4.78, 5) is 5.99. The molecule has 27 heavy (non-hydrogen) atoms. The highest BCUT2D eigenvalue weighted by atomic mass is 32.2. The number of unbranched alkanes of at least 4 members (excludes halogenated alkanes) is 1. The zero-order chi connectivity index (χ0) is 19.4. The third kappa shape index (κ3) is 4.80. The fourth-order valence-electron chi connectivity index (χ4n) is 2.71. The Kier molecular flexibility index (Phi) is 6.04. The molecule has 7 heteroatoms. The normalized spacial score (nSPS) is 11.7. The first-order chi connectivity index (χ1) is 12.9. The van der Waals surface area contributed by atoms with Crippen LogP contribution in [0.2, 0.25) is 0 Å². The summed E-state index contributed by atoms with van der Waals surface area (Å²) in [6.07, 6.45) is 3.41. The molecule has 3 aromatic rings. The molecule has 0 atom stereocenters. The van der Waals surface area contributed by atoms with Gasteiger partial charge in [0.2, 0.25) is 0 Å². The highest BCUT2D eigenvalue weighted by Gasteiger charge is 2.18. The Morgan fingerprint density at radius 1 is 1.04 bits per heavy atom. The van der Waals surface area contributed by atoms with Crippen LogP contribution in [0.5, 0.6) is 0 Å². The van der Waals surface area contributed by atoms with Crippen LogP contribution in [0.15, 0.2) is 53.4 Å². The van der Waals surface area contributed by atoms with Gasteiger partial charge in [-0.25, -0.2) is 12.8 Å². The maximum absolute atomic E-state index is 13.3. The smallest absolute Gasteiger partial charge is 0.283 e. The van der Waals surface area contributed by atoms with E-state index in [1.807, 2.05) is 0 Å². The number of quaternary nitrogens is 1. The van der Waals surface area contributed by atoms with Crippen LogP contribution < -0.4 is 5.32 Å². The van der Waals surface area contributed by atoms with E-state index in [4.69, 9.17) is 4.98 Å². The fraction of sp³-hybridized carbons (Fsp3) is 0.250. The van der Waals surface area contributed by atoms with Gasteiger partial charge in [-0.15, -0.1) is 0 Å². The molecule has 0 saturated heterocycles. The molecule has 0 aliphatic heterocycles. The maximum Gasteiger partial charge on any atom is 0.283 e. The van der Waals surface area contributed by atoms with Gasteiger partial charge in [0.15, 0.2) is 9.84 Å². The number of halogens is 1. The summed E-state index contributed by atoms with van der Waals surface area (Å²) in [6, 6.07) is 13.1. The van der Waals surface area contributed by atoms with Crippen molar-refractivity contribution in [3.63, 3.8) is 0 Å². The van der Waals surface area contributed by atoms with Gasteiger partial charge in [-0.05, 0) is 48.4 Å². The molecule has 2 aromatic carbocycles. The molecule has 0 saturated carbocycles. The summed E-state index contributed by atoms with van der Waals surface area (Å²) >= 11 is 1.57. The van der Waals surface area contributed by atoms with Crippen LogP contribution >= 0.6 is 11.3 Å². The Bertz CT molecular complexity index is 1010. The van der Waals surface area contributed by atoms with Crippen LogP contribution in [0.25, 0.3) is 21.7 Å². The number of rotatable bonds is 7. The lowest BCUT2D eigenvalue weighted by Gasteiger charge is -2.04. The van der Waals surface area contributed by atoms with Gasteiger partial charge < -0.3 is 0 Å². The van der Waals surface area contributed by atoms with E-state index >= 15 is 0 Å². The van der Waals surface area contributed by atoms with Crippen LogP contribution in [0.1, 0.15) is 19.8 Å².